The average molecular weight is 444 g/mol. The third-order valence-electron chi connectivity index (χ3n) is 7.48. The van der Waals surface area contributed by atoms with Gasteiger partial charge in [0.2, 0.25) is 0 Å². The van der Waals surface area contributed by atoms with Crippen molar-refractivity contribution in [1.29, 1.82) is 0 Å². The van der Waals surface area contributed by atoms with Crippen molar-refractivity contribution in [3.8, 4) is 11.1 Å². The van der Waals surface area contributed by atoms with E-state index in [-0.39, 0.29) is 24.1 Å². The van der Waals surface area contributed by atoms with Crippen molar-refractivity contribution in [2.75, 3.05) is 6.61 Å². The molecule has 1 aliphatic carbocycles. The van der Waals surface area contributed by atoms with Crippen molar-refractivity contribution in [3.05, 3.63) is 83.1 Å². The number of piperidine rings is 1. The Morgan fingerprint density at radius 1 is 1.03 bits per heavy atom. The topological polar surface area (TPSA) is 29.5 Å². The van der Waals surface area contributed by atoms with Crippen molar-refractivity contribution in [1.82, 2.24) is 4.90 Å². The Hall–Kier alpha value is -2.59. The highest BCUT2D eigenvalue weighted by Gasteiger charge is 2.40. The molecule has 3 aliphatic rings. The van der Waals surface area contributed by atoms with Gasteiger partial charge in [-0.15, -0.1) is 0 Å². The summed E-state index contributed by atoms with van der Waals surface area (Å²) in [7, 11) is -1.44. The maximum absolute atomic E-state index is 13.3. The Morgan fingerprint density at radius 3 is 2.25 bits per heavy atom. The zero-order valence-electron chi connectivity index (χ0n) is 19.4. The molecule has 32 heavy (non-hydrogen) atoms. The second kappa shape index (κ2) is 8.07. The summed E-state index contributed by atoms with van der Waals surface area (Å²) < 4.78 is 6.02. The molecule has 1 amide bonds. The first-order chi connectivity index (χ1) is 15.3. The maximum Gasteiger partial charge on any atom is 0.410 e. The van der Waals surface area contributed by atoms with Crippen molar-refractivity contribution in [2.45, 2.75) is 63.3 Å². The fourth-order valence-corrected chi connectivity index (χ4v) is 6.84. The monoisotopic (exact) mass is 443 g/mol. The number of hydrogen-bond acceptors (Lipinski definition) is 2. The molecule has 0 N–H and O–H groups in total. The normalized spacial score (nSPS) is 22.1. The maximum atomic E-state index is 13.3. The Labute approximate surface area is 192 Å². The number of carbonyl (C=O) groups is 1. The van der Waals surface area contributed by atoms with Crippen LogP contribution < -0.4 is 0 Å². The lowest BCUT2D eigenvalue weighted by Gasteiger charge is -2.45. The molecule has 2 unspecified atom stereocenters. The predicted octanol–water partition coefficient (Wildman–Crippen LogP) is 6.92. The summed E-state index contributed by atoms with van der Waals surface area (Å²) in [5.74, 6) is 0.105. The molecule has 3 nitrogen and oxygen atoms in total. The van der Waals surface area contributed by atoms with Crippen molar-refractivity contribution >= 4 is 14.2 Å². The highest BCUT2D eigenvalue weighted by atomic mass is 28.3. The van der Waals surface area contributed by atoms with Gasteiger partial charge in [0.15, 0.2) is 0 Å². The zero-order valence-corrected chi connectivity index (χ0v) is 20.4. The van der Waals surface area contributed by atoms with E-state index in [0.29, 0.717) is 6.61 Å². The van der Waals surface area contributed by atoms with E-state index >= 15 is 0 Å². The van der Waals surface area contributed by atoms with Gasteiger partial charge in [-0.3, -0.25) is 4.90 Å². The number of amides is 1. The summed E-state index contributed by atoms with van der Waals surface area (Å²) in [6.45, 7) is 11.9. The lowest BCUT2D eigenvalue weighted by molar-refractivity contribution is 0.0515. The number of nitrogens with zero attached hydrogens (tertiary/aromatic N) is 1. The van der Waals surface area contributed by atoms with Crippen molar-refractivity contribution < 1.29 is 9.53 Å². The number of rotatable bonds is 4. The van der Waals surface area contributed by atoms with Gasteiger partial charge < -0.3 is 4.74 Å². The number of hydrogen-bond donors (Lipinski definition) is 0. The van der Waals surface area contributed by atoms with Crippen LogP contribution in [0.2, 0.25) is 19.6 Å². The Kier molecular flexibility index (Phi) is 5.37. The van der Waals surface area contributed by atoms with Crippen LogP contribution in [0.15, 0.2) is 72.0 Å². The number of fused-ring (bicyclic) bond motifs is 5. The molecule has 2 heterocycles. The summed E-state index contributed by atoms with van der Waals surface area (Å²) in [5, 5.41) is 1.33. The summed E-state index contributed by atoms with van der Waals surface area (Å²) >= 11 is 0. The van der Waals surface area contributed by atoms with E-state index in [1.807, 2.05) is 4.90 Å². The van der Waals surface area contributed by atoms with Gasteiger partial charge in [-0.2, -0.15) is 0 Å². The van der Waals surface area contributed by atoms with Gasteiger partial charge in [0.25, 0.3) is 0 Å². The van der Waals surface area contributed by atoms with Crippen molar-refractivity contribution in [3.63, 3.8) is 0 Å². The third kappa shape index (κ3) is 3.65. The lowest BCUT2D eigenvalue weighted by atomic mass is 9.85. The van der Waals surface area contributed by atoms with E-state index in [9.17, 15) is 4.79 Å². The van der Waals surface area contributed by atoms with Gasteiger partial charge in [-0.25, -0.2) is 4.79 Å². The molecule has 1 saturated heterocycles. The molecule has 2 atom stereocenters. The molecular weight excluding hydrogens is 410 g/mol. The van der Waals surface area contributed by atoms with Gasteiger partial charge in [0.1, 0.15) is 6.61 Å². The Bertz CT molecular complexity index is 1050. The average Bonchev–Trinajstić information content (AvgIpc) is 3.09. The molecule has 2 aromatic carbocycles. The quantitative estimate of drug-likeness (QED) is 0.480. The van der Waals surface area contributed by atoms with E-state index in [4.69, 9.17) is 4.74 Å². The summed E-state index contributed by atoms with van der Waals surface area (Å²) in [5.41, 5.74) is 6.43. The van der Waals surface area contributed by atoms with Crippen LogP contribution in [0.1, 0.15) is 42.7 Å². The number of carbonyl (C=O) groups excluding carboxylic acids is 1. The van der Waals surface area contributed by atoms with E-state index < -0.39 is 8.07 Å². The molecular formula is C28H33NO2Si. The molecule has 1 fully saturated rings. The van der Waals surface area contributed by atoms with Crippen LogP contribution in [0, 0.1) is 0 Å². The second-order valence-electron chi connectivity index (χ2n) is 10.5. The molecule has 0 saturated carbocycles. The minimum absolute atomic E-state index is 0.105. The highest BCUT2D eigenvalue weighted by molar-refractivity contribution is 6.83. The molecule has 0 radical (unpaired) electrons. The van der Waals surface area contributed by atoms with Gasteiger partial charge in [0, 0.05) is 12.0 Å². The van der Waals surface area contributed by atoms with Gasteiger partial charge in [-0.05, 0) is 53.5 Å². The van der Waals surface area contributed by atoms with Crippen LogP contribution in [0.4, 0.5) is 4.79 Å². The smallest absolute Gasteiger partial charge is 0.410 e. The van der Waals surface area contributed by atoms with E-state index in [0.717, 1.165) is 19.3 Å². The van der Waals surface area contributed by atoms with Crippen LogP contribution in [-0.4, -0.2) is 37.8 Å². The minimum Gasteiger partial charge on any atom is -0.448 e. The van der Waals surface area contributed by atoms with Gasteiger partial charge >= 0.3 is 6.09 Å². The van der Waals surface area contributed by atoms with Crippen molar-refractivity contribution in [2.24, 2.45) is 0 Å². The SMILES string of the molecule is C=C(C1=CC2CCCC(C1)N2C(=O)OCC1c2ccccc2-c2ccccc21)[Si](C)(C)C. The first kappa shape index (κ1) is 21.3. The molecule has 2 aromatic rings. The second-order valence-corrected chi connectivity index (χ2v) is 15.6. The molecule has 2 aliphatic heterocycles. The number of allylic oxidation sites excluding steroid dienone is 1. The fourth-order valence-electron chi connectivity index (χ4n) is 5.69. The standard InChI is InChI=1S/C28H33NO2Si/c1-19(32(2,3)4)20-16-21-10-9-11-22(17-20)29(21)28(30)31-18-27-25-14-7-5-12-23(25)24-13-6-8-15-26(24)27/h5-8,12-16,21-22,27H,1,9-11,17-18H2,2-4H3. The first-order valence-corrected chi connectivity index (χ1v) is 15.4. The molecule has 0 spiro atoms. The minimum atomic E-state index is -1.44. The predicted molar refractivity (Wildman–Crippen MR) is 134 cm³/mol. The van der Waals surface area contributed by atoms with E-state index in [1.165, 1.54) is 39.4 Å². The highest BCUT2D eigenvalue weighted by Crippen LogP contribution is 2.45. The van der Waals surface area contributed by atoms with Crippen LogP contribution in [0.5, 0.6) is 0 Å². The van der Waals surface area contributed by atoms with E-state index in [1.54, 1.807) is 0 Å². The largest absolute Gasteiger partial charge is 0.448 e. The summed E-state index contributed by atoms with van der Waals surface area (Å²) in [6, 6.07) is 17.4. The van der Waals surface area contributed by atoms with Gasteiger partial charge in [0.05, 0.1) is 14.1 Å². The van der Waals surface area contributed by atoms with Crippen LogP contribution in [-0.2, 0) is 4.74 Å². The molecule has 4 heteroatoms. The van der Waals surface area contributed by atoms with Crippen LogP contribution in [0.3, 0.4) is 0 Å². The van der Waals surface area contributed by atoms with E-state index in [2.05, 4.69) is 80.8 Å². The fraction of sp³-hybridized carbons (Fsp3) is 0.393. The Morgan fingerprint density at radius 2 is 1.66 bits per heavy atom. The molecule has 0 aromatic heterocycles. The van der Waals surface area contributed by atoms with Crippen LogP contribution >= 0.6 is 0 Å². The zero-order chi connectivity index (χ0) is 22.5. The third-order valence-corrected chi connectivity index (χ3v) is 9.61. The number of benzene rings is 2. The Balaban J connectivity index is 1.34. The number of ether oxygens (including phenoxy) is 1. The molecule has 5 rings (SSSR count). The summed E-state index contributed by atoms with van der Waals surface area (Å²) in [4.78, 5) is 15.4. The lowest BCUT2D eigenvalue weighted by Crippen LogP contribution is -2.52. The van der Waals surface area contributed by atoms with Crippen LogP contribution in [0.25, 0.3) is 11.1 Å². The van der Waals surface area contributed by atoms with Gasteiger partial charge in [-0.1, -0.05) is 86.0 Å². The molecule has 166 valence electrons. The molecule has 2 bridgehead atoms. The first-order valence-electron chi connectivity index (χ1n) is 11.9. The summed E-state index contributed by atoms with van der Waals surface area (Å²) in [6.07, 6.45) is 6.32.